The second kappa shape index (κ2) is 4.82. The summed E-state index contributed by atoms with van der Waals surface area (Å²) in [6, 6.07) is 1.53. The van der Waals surface area contributed by atoms with Crippen LogP contribution >= 0.6 is 11.6 Å². The molecule has 0 amide bonds. The third-order valence-corrected chi connectivity index (χ3v) is 3.52. The van der Waals surface area contributed by atoms with E-state index >= 15 is 0 Å². The van der Waals surface area contributed by atoms with Crippen LogP contribution in [0.2, 0.25) is 5.02 Å². The lowest BCUT2D eigenvalue weighted by Crippen LogP contribution is -2.48. The van der Waals surface area contributed by atoms with Gasteiger partial charge < -0.3 is 21.1 Å². The Morgan fingerprint density at radius 3 is 2.72 bits per heavy atom. The number of hydrogen-bond donors (Lipinski definition) is 2. The first kappa shape index (κ1) is 13.2. The lowest BCUT2D eigenvalue weighted by Gasteiger charge is -2.39. The van der Waals surface area contributed by atoms with E-state index in [4.69, 9.17) is 27.8 Å². The van der Waals surface area contributed by atoms with Crippen molar-refractivity contribution < 1.29 is 9.13 Å². The molecular formula is C12H17ClFN3O. The van der Waals surface area contributed by atoms with Gasteiger partial charge in [0.25, 0.3) is 0 Å². The fraction of sp³-hybridized carbons (Fsp3) is 0.500. The Kier molecular flexibility index (Phi) is 3.54. The van der Waals surface area contributed by atoms with E-state index in [0.717, 1.165) is 0 Å². The molecule has 0 radical (unpaired) electrons. The number of hydrogen-bond acceptors (Lipinski definition) is 4. The molecule has 1 heterocycles. The molecule has 0 spiro atoms. The maximum Gasteiger partial charge on any atom is 0.169 e. The summed E-state index contributed by atoms with van der Waals surface area (Å²) in [4.78, 5) is 1.88. The lowest BCUT2D eigenvalue weighted by molar-refractivity contribution is 0.0342. The maximum absolute atomic E-state index is 14.2. The number of benzene rings is 1. The molecule has 100 valence electrons. The van der Waals surface area contributed by atoms with Gasteiger partial charge in [0, 0.05) is 12.6 Å². The third-order valence-electron chi connectivity index (χ3n) is 3.13. The van der Waals surface area contributed by atoms with Crippen LogP contribution in [-0.4, -0.2) is 25.3 Å². The number of nitrogens with two attached hydrogens (primary N) is 2. The third kappa shape index (κ3) is 2.20. The van der Waals surface area contributed by atoms with Gasteiger partial charge in [0.1, 0.15) is 5.02 Å². The van der Waals surface area contributed by atoms with Gasteiger partial charge in [0.05, 0.1) is 29.8 Å². The fourth-order valence-corrected chi connectivity index (χ4v) is 2.31. The fourth-order valence-electron chi connectivity index (χ4n) is 2.16. The average Bonchev–Trinajstić information content (AvgIpc) is 2.31. The average molecular weight is 274 g/mol. The van der Waals surface area contributed by atoms with Crippen LogP contribution in [0.25, 0.3) is 0 Å². The summed E-state index contributed by atoms with van der Waals surface area (Å²) >= 11 is 5.84. The van der Waals surface area contributed by atoms with E-state index in [9.17, 15) is 4.39 Å². The number of morpholine rings is 1. The topological polar surface area (TPSA) is 64.5 Å². The first-order chi connectivity index (χ1) is 8.41. The summed E-state index contributed by atoms with van der Waals surface area (Å²) in [5.74, 6) is -0.560. The summed E-state index contributed by atoms with van der Waals surface area (Å²) in [6.07, 6.45) is 0.0244. The Morgan fingerprint density at radius 1 is 1.39 bits per heavy atom. The van der Waals surface area contributed by atoms with Crippen LogP contribution in [0.3, 0.4) is 0 Å². The molecule has 0 bridgehead atoms. The zero-order valence-electron chi connectivity index (χ0n) is 10.4. The van der Waals surface area contributed by atoms with E-state index in [1.54, 1.807) is 0 Å². The van der Waals surface area contributed by atoms with Crippen molar-refractivity contribution in [1.29, 1.82) is 0 Å². The van der Waals surface area contributed by atoms with Gasteiger partial charge in [-0.3, -0.25) is 0 Å². The lowest BCUT2D eigenvalue weighted by atomic mass is 10.1. The molecular weight excluding hydrogens is 257 g/mol. The molecule has 0 saturated carbocycles. The van der Waals surface area contributed by atoms with E-state index in [-0.39, 0.29) is 22.9 Å². The Bertz CT molecular complexity index is 469. The molecule has 2 unspecified atom stereocenters. The van der Waals surface area contributed by atoms with E-state index in [2.05, 4.69) is 0 Å². The van der Waals surface area contributed by atoms with Crippen LogP contribution in [0.4, 0.5) is 21.5 Å². The summed E-state index contributed by atoms with van der Waals surface area (Å²) < 4.78 is 19.7. The van der Waals surface area contributed by atoms with Crippen molar-refractivity contribution >= 4 is 28.7 Å². The Morgan fingerprint density at radius 2 is 2.06 bits per heavy atom. The number of ether oxygens (including phenoxy) is 1. The first-order valence-corrected chi connectivity index (χ1v) is 6.20. The van der Waals surface area contributed by atoms with Crippen LogP contribution in [0.5, 0.6) is 0 Å². The quantitative estimate of drug-likeness (QED) is 0.771. The van der Waals surface area contributed by atoms with E-state index in [1.807, 2.05) is 18.7 Å². The maximum atomic E-state index is 14.2. The SMILES string of the molecule is CC1CN(c2c(N)cc(N)c(Cl)c2F)C(C)CO1. The van der Waals surface area contributed by atoms with Gasteiger partial charge in [-0.25, -0.2) is 4.39 Å². The summed E-state index contributed by atoms with van der Waals surface area (Å²) in [7, 11) is 0. The molecule has 1 saturated heterocycles. The van der Waals surface area contributed by atoms with Crippen molar-refractivity contribution in [2.24, 2.45) is 0 Å². The van der Waals surface area contributed by atoms with Gasteiger partial charge in [-0.05, 0) is 19.9 Å². The predicted molar refractivity (Wildman–Crippen MR) is 72.5 cm³/mol. The summed E-state index contributed by atoms with van der Waals surface area (Å²) in [5.41, 5.74) is 12.2. The minimum absolute atomic E-state index is 0.0244. The molecule has 1 aliphatic heterocycles. The van der Waals surface area contributed by atoms with Crippen LogP contribution < -0.4 is 16.4 Å². The van der Waals surface area contributed by atoms with E-state index in [0.29, 0.717) is 24.5 Å². The first-order valence-electron chi connectivity index (χ1n) is 5.83. The predicted octanol–water partition coefficient (Wildman–Crippen LogP) is 2.26. The molecule has 1 aromatic rings. The molecule has 1 aromatic carbocycles. The number of rotatable bonds is 1. The minimum Gasteiger partial charge on any atom is -0.397 e. The molecule has 6 heteroatoms. The van der Waals surface area contributed by atoms with Crippen molar-refractivity contribution in [2.45, 2.75) is 26.0 Å². The molecule has 18 heavy (non-hydrogen) atoms. The van der Waals surface area contributed by atoms with Crippen molar-refractivity contribution in [1.82, 2.24) is 0 Å². The van der Waals surface area contributed by atoms with Crippen LogP contribution in [-0.2, 0) is 4.74 Å². The Hall–Kier alpha value is -1.20. The zero-order valence-corrected chi connectivity index (χ0v) is 11.2. The molecule has 4 nitrogen and oxygen atoms in total. The van der Waals surface area contributed by atoms with Crippen LogP contribution in [0, 0.1) is 5.82 Å². The monoisotopic (exact) mass is 273 g/mol. The van der Waals surface area contributed by atoms with Gasteiger partial charge in [-0.15, -0.1) is 0 Å². The van der Waals surface area contributed by atoms with E-state index < -0.39 is 5.82 Å². The number of nitrogen functional groups attached to an aromatic ring is 2. The number of anilines is 3. The normalized spacial score (nSPS) is 24.3. The smallest absolute Gasteiger partial charge is 0.169 e. The van der Waals surface area contributed by atoms with Crippen molar-refractivity contribution in [2.75, 3.05) is 29.5 Å². The summed E-state index contributed by atoms with van der Waals surface area (Å²) in [6.45, 7) is 4.99. The molecule has 1 fully saturated rings. The highest BCUT2D eigenvalue weighted by Crippen LogP contribution is 2.37. The highest BCUT2D eigenvalue weighted by Gasteiger charge is 2.28. The van der Waals surface area contributed by atoms with Crippen molar-refractivity contribution in [3.8, 4) is 0 Å². The molecule has 0 aromatic heterocycles. The standard InChI is InChI=1S/C12H17ClFN3O/c1-6-5-18-7(2)4-17(6)12-9(16)3-8(15)10(13)11(12)14/h3,6-7H,4-5,15-16H2,1-2H3. The van der Waals surface area contributed by atoms with Crippen LogP contribution in [0.1, 0.15) is 13.8 Å². The molecule has 0 aliphatic carbocycles. The van der Waals surface area contributed by atoms with Gasteiger partial charge >= 0.3 is 0 Å². The second-order valence-corrected chi connectivity index (χ2v) is 5.05. The van der Waals surface area contributed by atoms with Crippen LogP contribution in [0.15, 0.2) is 6.07 Å². The largest absolute Gasteiger partial charge is 0.397 e. The van der Waals surface area contributed by atoms with Gasteiger partial charge in [-0.1, -0.05) is 11.6 Å². The number of halogens is 2. The zero-order chi connectivity index (χ0) is 13.4. The Labute approximate surface area is 111 Å². The van der Waals surface area contributed by atoms with Crippen molar-refractivity contribution in [3.05, 3.63) is 16.9 Å². The molecule has 2 rings (SSSR count). The molecule has 4 N–H and O–H groups in total. The van der Waals surface area contributed by atoms with E-state index in [1.165, 1.54) is 6.07 Å². The van der Waals surface area contributed by atoms with Crippen molar-refractivity contribution in [3.63, 3.8) is 0 Å². The van der Waals surface area contributed by atoms with Gasteiger partial charge in [-0.2, -0.15) is 0 Å². The van der Waals surface area contributed by atoms with Gasteiger partial charge in [0.15, 0.2) is 5.82 Å². The van der Waals surface area contributed by atoms with Gasteiger partial charge in [0.2, 0.25) is 0 Å². The molecule has 2 atom stereocenters. The highest BCUT2D eigenvalue weighted by atomic mass is 35.5. The number of nitrogens with zero attached hydrogens (tertiary/aromatic N) is 1. The molecule has 1 aliphatic rings. The minimum atomic E-state index is -0.560. The summed E-state index contributed by atoms with van der Waals surface area (Å²) in [5, 5.41) is -0.0782. The Balaban J connectivity index is 2.46. The second-order valence-electron chi connectivity index (χ2n) is 4.68. The highest BCUT2D eigenvalue weighted by molar-refractivity contribution is 6.33.